The maximum atomic E-state index is 11.2. The summed E-state index contributed by atoms with van der Waals surface area (Å²) in [7, 11) is 0. The number of hydrogen-bond acceptors (Lipinski definition) is 3. The standard InChI is InChI=1S/C9H7NO3/c11-8-6-4-2-1-3-5-7(6)10-9(12)13-8/h1,3-5H,2H2,(H,10,12). The SMILES string of the molecule is O=c1[nH]c2c(c(=O)o1)=CCC=CC=2. The van der Waals surface area contributed by atoms with Gasteiger partial charge in [-0.2, -0.15) is 0 Å². The molecule has 0 saturated carbocycles. The summed E-state index contributed by atoms with van der Waals surface area (Å²) in [5.41, 5.74) is -0.585. The Morgan fingerprint density at radius 3 is 3.08 bits per heavy atom. The largest absolute Gasteiger partial charge is 0.419 e. The van der Waals surface area contributed by atoms with Crippen LogP contribution in [0, 0.1) is 0 Å². The zero-order valence-corrected chi connectivity index (χ0v) is 6.74. The molecule has 1 aliphatic rings. The van der Waals surface area contributed by atoms with Gasteiger partial charge in [0.25, 0.3) is 0 Å². The second-order valence-corrected chi connectivity index (χ2v) is 2.66. The second-order valence-electron chi connectivity index (χ2n) is 2.66. The fraction of sp³-hybridized carbons (Fsp3) is 0.111. The zero-order chi connectivity index (χ0) is 9.26. The molecule has 2 rings (SSSR count). The Morgan fingerprint density at radius 2 is 2.23 bits per heavy atom. The molecule has 13 heavy (non-hydrogen) atoms. The molecule has 1 aromatic heterocycles. The van der Waals surface area contributed by atoms with Crippen molar-refractivity contribution in [2.45, 2.75) is 6.42 Å². The Bertz CT molecular complexity index is 574. The Hall–Kier alpha value is -1.84. The molecule has 4 heteroatoms. The highest BCUT2D eigenvalue weighted by Crippen LogP contribution is 1.85. The van der Waals surface area contributed by atoms with Crippen LogP contribution >= 0.6 is 0 Å². The van der Waals surface area contributed by atoms with Crippen LogP contribution < -0.4 is 21.9 Å². The molecular formula is C9H7NO3. The van der Waals surface area contributed by atoms with Gasteiger partial charge >= 0.3 is 11.4 Å². The lowest BCUT2D eigenvalue weighted by atomic mass is 10.3. The highest BCUT2D eigenvalue weighted by atomic mass is 16.4. The van der Waals surface area contributed by atoms with Crippen molar-refractivity contribution in [3.63, 3.8) is 0 Å². The topological polar surface area (TPSA) is 63.1 Å². The maximum absolute atomic E-state index is 11.2. The first-order valence-electron chi connectivity index (χ1n) is 3.88. The average molecular weight is 177 g/mol. The summed E-state index contributed by atoms with van der Waals surface area (Å²) in [6.45, 7) is 0. The summed E-state index contributed by atoms with van der Waals surface area (Å²) in [6.07, 6.45) is 7.74. The van der Waals surface area contributed by atoms with Crippen LogP contribution in [0.15, 0.2) is 26.2 Å². The molecule has 66 valence electrons. The van der Waals surface area contributed by atoms with E-state index in [0.717, 1.165) is 0 Å². The second kappa shape index (κ2) is 2.90. The number of fused-ring (bicyclic) bond motifs is 1. The highest BCUT2D eigenvalue weighted by Gasteiger charge is 1.97. The lowest BCUT2D eigenvalue weighted by Crippen LogP contribution is -2.44. The Labute approximate surface area is 72.5 Å². The fourth-order valence-corrected chi connectivity index (χ4v) is 1.21. The number of aromatic amines is 1. The van der Waals surface area contributed by atoms with Crippen LogP contribution in [0.5, 0.6) is 0 Å². The molecule has 1 heterocycles. The minimum atomic E-state index is -0.719. The van der Waals surface area contributed by atoms with Crippen molar-refractivity contribution in [2.75, 3.05) is 0 Å². The van der Waals surface area contributed by atoms with Gasteiger partial charge in [-0.1, -0.05) is 18.2 Å². The maximum Gasteiger partial charge on any atom is 0.419 e. The zero-order valence-electron chi connectivity index (χ0n) is 6.74. The van der Waals surface area contributed by atoms with Crippen molar-refractivity contribution < 1.29 is 4.42 Å². The normalized spacial score (nSPS) is 13.8. The van der Waals surface area contributed by atoms with E-state index in [0.29, 0.717) is 17.0 Å². The van der Waals surface area contributed by atoms with Crippen LogP contribution in [0.4, 0.5) is 0 Å². The minimum Gasteiger partial charge on any atom is -0.372 e. The third-order valence-corrected chi connectivity index (χ3v) is 1.79. The summed E-state index contributed by atoms with van der Waals surface area (Å²) < 4.78 is 4.39. The molecule has 0 amide bonds. The summed E-state index contributed by atoms with van der Waals surface area (Å²) in [6, 6.07) is 0. The molecular weight excluding hydrogens is 170 g/mol. The van der Waals surface area contributed by atoms with Crippen molar-refractivity contribution in [1.29, 1.82) is 0 Å². The van der Waals surface area contributed by atoms with Crippen LogP contribution in [0.25, 0.3) is 12.2 Å². The van der Waals surface area contributed by atoms with Gasteiger partial charge in [0.05, 0.1) is 10.6 Å². The molecule has 0 bridgehead atoms. The number of hydrogen-bond donors (Lipinski definition) is 1. The van der Waals surface area contributed by atoms with E-state index in [-0.39, 0.29) is 0 Å². The van der Waals surface area contributed by atoms with E-state index < -0.39 is 11.4 Å². The van der Waals surface area contributed by atoms with E-state index >= 15 is 0 Å². The molecule has 1 aliphatic carbocycles. The van der Waals surface area contributed by atoms with E-state index in [4.69, 9.17) is 0 Å². The quantitative estimate of drug-likeness (QED) is 0.544. The first-order chi connectivity index (χ1) is 6.27. The monoisotopic (exact) mass is 177 g/mol. The van der Waals surface area contributed by atoms with Crippen molar-refractivity contribution in [3.8, 4) is 0 Å². The number of allylic oxidation sites excluding steroid dienone is 2. The fourth-order valence-electron chi connectivity index (χ4n) is 1.21. The molecule has 0 aromatic carbocycles. The molecule has 4 nitrogen and oxygen atoms in total. The van der Waals surface area contributed by atoms with Gasteiger partial charge in [-0.25, -0.2) is 9.59 Å². The minimum absolute atomic E-state index is 0.421. The van der Waals surface area contributed by atoms with Crippen LogP contribution in [0.2, 0.25) is 0 Å². The van der Waals surface area contributed by atoms with Gasteiger partial charge in [0.15, 0.2) is 0 Å². The lowest BCUT2D eigenvalue weighted by Gasteiger charge is -1.85. The first-order valence-corrected chi connectivity index (χ1v) is 3.88. The van der Waals surface area contributed by atoms with E-state index in [9.17, 15) is 9.59 Å². The van der Waals surface area contributed by atoms with Gasteiger partial charge in [0, 0.05) is 0 Å². The smallest absolute Gasteiger partial charge is 0.372 e. The third-order valence-electron chi connectivity index (χ3n) is 1.79. The van der Waals surface area contributed by atoms with Gasteiger partial charge in [-0.15, -0.1) is 0 Å². The van der Waals surface area contributed by atoms with E-state index in [1.54, 1.807) is 18.2 Å². The van der Waals surface area contributed by atoms with E-state index in [1.165, 1.54) is 0 Å². The first kappa shape index (κ1) is 7.79. The van der Waals surface area contributed by atoms with Crippen LogP contribution in [0.3, 0.4) is 0 Å². The third kappa shape index (κ3) is 1.38. The van der Waals surface area contributed by atoms with Gasteiger partial charge in [-0.05, 0) is 12.5 Å². The molecule has 0 saturated heterocycles. The molecule has 0 radical (unpaired) electrons. The molecule has 0 atom stereocenters. The number of rotatable bonds is 0. The van der Waals surface area contributed by atoms with Crippen molar-refractivity contribution in [3.05, 3.63) is 43.7 Å². The summed E-state index contributed by atoms with van der Waals surface area (Å²) >= 11 is 0. The van der Waals surface area contributed by atoms with Gasteiger partial charge < -0.3 is 4.42 Å². The highest BCUT2D eigenvalue weighted by molar-refractivity contribution is 5.41. The predicted molar refractivity (Wildman–Crippen MR) is 47.5 cm³/mol. The number of nitrogens with one attached hydrogen (secondary N) is 1. The van der Waals surface area contributed by atoms with Gasteiger partial charge in [0.2, 0.25) is 0 Å². The lowest BCUT2D eigenvalue weighted by molar-refractivity contribution is 0.440. The summed E-state index contributed by atoms with van der Waals surface area (Å²) in [5, 5.41) is 0.930. The molecule has 0 fully saturated rings. The van der Waals surface area contributed by atoms with E-state index in [2.05, 4.69) is 9.40 Å². The van der Waals surface area contributed by atoms with Crippen molar-refractivity contribution >= 4 is 12.2 Å². The average Bonchev–Trinajstić information content (AvgIpc) is 2.28. The molecule has 0 spiro atoms. The van der Waals surface area contributed by atoms with Gasteiger partial charge in [0.1, 0.15) is 0 Å². The molecule has 1 N–H and O–H groups in total. The van der Waals surface area contributed by atoms with Crippen molar-refractivity contribution in [2.24, 2.45) is 0 Å². The summed E-state index contributed by atoms with van der Waals surface area (Å²) in [5.74, 6) is -0.719. The molecule has 0 aliphatic heterocycles. The molecule has 0 unspecified atom stereocenters. The molecule has 1 aromatic rings. The Morgan fingerprint density at radius 1 is 1.38 bits per heavy atom. The van der Waals surface area contributed by atoms with Crippen molar-refractivity contribution in [1.82, 2.24) is 4.98 Å². The predicted octanol–water partition coefficient (Wildman–Crippen LogP) is -1.15. The summed E-state index contributed by atoms with van der Waals surface area (Å²) in [4.78, 5) is 24.4. The Kier molecular flexibility index (Phi) is 1.73. The van der Waals surface area contributed by atoms with Crippen LogP contribution in [-0.4, -0.2) is 4.98 Å². The number of H-pyrrole nitrogens is 1. The number of aromatic nitrogens is 1. The van der Waals surface area contributed by atoms with Gasteiger partial charge in [-0.3, -0.25) is 4.98 Å². The van der Waals surface area contributed by atoms with Crippen LogP contribution in [0.1, 0.15) is 6.42 Å². The Balaban J connectivity index is 3.03. The van der Waals surface area contributed by atoms with Crippen LogP contribution in [-0.2, 0) is 0 Å². The van der Waals surface area contributed by atoms with E-state index in [1.807, 2.05) is 6.08 Å².